The van der Waals surface area contributed by atoms with E-state index in [1.54, 1.807) is 30.3 Å². The van der Waals surface area contributed by atoms with E-state index in [0.717, 1.165) is 17.9 Å². The molecule has 1 aromatic rings. The molecule has 0 spiro atoms. The van der Waals surface area contributed by atoms with Gasteiger partial charge in [-0.2, -0.15) is 4.31 Å². The van der Waals surface area contributed by atoms with E-state index in [0.29, 0.717) is 32.8 Å². The van der Waals surface area contributed by atoms with Gasteiger partial charge in [0.15, 0.2) is 0 Å². The van der Waals surface area contributed by atoms with Crippen molar-refractivity contribution in [3.8, 4) is 0 Å². The molecule has 1 aliphatic carbocycles. The van der Waals surface area contributed by atoms with Crippen molar-refractivity contribution in [1.29, 1.82) is 0 Å². The number of benzene rings is 1. The number of amides is 1. The van der Waals surface area contributed by atoms with Gasteiger partial charge in [-0.1, -0.05) is 44.2 Å². The molecule has 2 fully saturated rings. The number of sulfonamides is 1. The zero-order valence-corrected chi connectivity index (χ0v) is 17.1. The van der Waals surface area contributed by atoms with Gasteiger partial charge in [-0.15, -0.1) is 0 Å². The Morgan fingerprint density at radius 2 is 1.79 bits per heavy atom. The number of ether oxygens (including phenoxy) is 1. The molecule has 1 heterocycles. The lowest BCUT2D eigenvalue weighted by Gasteiger charge is -2.26. The summed E-state index contributed by atoms with van der Waals surface area (Å²) < 4.78 is 31.9. The molecule has 0 atom stereocenters. The lowest BCUT2D eigenvalue weighted by atomic mass is 9.87. The Bertz CT molecular complexity index is 762. The second-order valence-electron chi connectivity index (χ2n) is 7.50. The lowest BCUT2D eigenvalue weighted by Crippen LogP contribution is -2.40. The van der Waals surface area contributed by atoms with Gasteiger partial charge in [0.1, 0.15) is 0 Å². The van der Waals surface area contributed by atoms with E-state index in [1.165, 1.54) is 42.5 Å². The van der Waals surface area contributed by atoms with Crippen LogP contribution in [0.1, 0.15) is 44.1 Å². The Balaban J connectivity index is 1.48. The number of rotatable bonds is 7. The molecule has 1 amide bonds. The number of morpholine rings is 1. The van der Waals surface area contributed by atoms with E-state index in [-0.39, 0.29) is 10.8 Å². The number of carbonyl (C=O) groups excluding carboxylic acids is 1. The van der Waals surface area contributed by atoms with Gasteiger partial charge in [0.2, 0.25) is 15.9 Å². The van der Waals surface area contributed by atoms with Crippen LogP contribution < -0.4 is 5.32 Å². The Hall–Kier alpha value is -1.70. The number of carbonyl (C=O) groups is 1. The molecule has 1 saturated carbocycles. The maximum absolute atomic E-state index is 12.6. The summed E-state index contributed by atoms with van der Waals surface area (Å²) in [5, 5.41) is 2.94. The average molecular weight is 407 g/mol. The fraction of sp³-hybridized carbons (Fsp3) is 0.571. The molecule has 1 aromatic carbocycles. The van der Waals surface area contributed by atoms with E-state index in [9.17, 15) is 13.2 Å². The third-order valence-corrected chi connectivity index (χ3v) is 7.40. The van der Waals surface area contributed by atoms with Crippen molar-refractivity contribution >= 4 is 22.0 Å². The first-order chi connectivity index (χ1) is 13.6. The minimum Gasteiger partial charge on any atom is -0.379 e. The first-order valence-electron chi connectivity index (χ1n) is 10.2. The normalized spacial score (nSPS) is 19.7. The van der Waals surface area contributed by atoms with Crippen molar-refractivity contribution in [2.24, 2.45) is 5.92 Å². The van der Waals surface area contributed by atoms with Gasteiger partial charge in [0.25, 0.3) is 0 Å². The third kappa shape index (κ3) is 5.90. The molecule has 0 bridgehead atoms. The van der Waals surface area contributed by atoms with Crippen molar-refractivity contribution in [2.45, 2.75) is 43.4 Å². The van der Waals surface area contributed by atoms with Gasteiger partial charge in [-0.25, -0.2) is 8.42 Å². The van der Waals surface area contributed by atoms with Gasteiger partial charge >= 0.3 is 0 Å². The van der Waals surface area contributed by atoms with Crippen LogP contribution in [0.5, 0.6) is 0 Å². The number of hydrogen-bond acceptors (Lipinski definition) is 4. The van der Waals surface area contributed by atoms with E-state index >= 15 is 0 Å². The molecule has 1 aliphatic heterocycles. The summed E-state index contributed by atoms with van der Waals surface area (Å²) in [7, 11) is -3.48. The highest BCUT2D eigenvalue weighted by atomic mass is 32.2. The molecule has 0 aromatic heterocycles. The molecule has 3 rings (SSSR count). The Kier molecular flexibility index (Phi) is 7.65. The van der Waals surface area contributed by atoms with Crippen molar-refractivity contribution in [3.63, 3.8) is 0 Å². The van der Waals surface area contributed by atoms with Crippen molar-refractivity contribution < 1.29 is 17.9 Å². The quantitative estimate of drug-likeness (QED) is 0.707. The number of hydrogen-bond donors (Lipinski definition) is 1. The lowest BCUT2D eigenvalue weighted by molar-refractivity contribution is -0.116. The molecular weight excluding hydrogens is 376 g/mol. The summed E-state index contributed by atoms with van der Waals surface area (Å²) in [5.41, 5.74) is 0.795. The minimum absolute atomic E-state index is 0.110. The summed E-state index contributed by atoms with van der Waals surface area (Å²) in [6.45, 7) is 2.33. The van der Waals surface area contributed by atoms with Gasteiger partial charge in [0, 0.05) is 25.7 Å². The number of nitrogens with zero attached hydrogens (tertiary/aromatic N) is 1. The molecule has 0 radical (unpaired) electrons. The van der Waals surface area contributed by atoms with Crippen LogP contribution in [-0.4, -0.2) is 51.5 Å². The van der Waals surface area contributed by atoms with Crippen LogP contribution in [0.4, 0.5) is 0 Å². The second-order valence-corrected chi connectivity index (χ2v) is 9.44. The van der Waals surface area contributed by atoms with Crippen LogP contribution in [0.15, 0.2) is 35.2 Å². The maximum atomic E-state index is 12.6. The van der Waals surface area contributed by atoms with Gasteiger partial charge in [-0.3, -0.25) is 4.79 Å². The highest BCUT2D eigenvalue weighted by Gasteiger charge is 2.25. The summed E-state index contributed by atoms with van der Waals surface area (Å²) in [6.07, 6.45) is 10.8. The predicted octanol–water partition coefficient (Wildman–Crippen LogP) is 2.81. The van der Waals surface area contributed by atoms with Crippen LogP contribution in [0, 0.1) is 5.92 Å². The predicted molar refractivity (Wildman–Crippen MR) is 109 cm³/mol. The standard InChI is InChI=1S/C21H30N2O4S/c24-21(22-13-12-18-4-2-1-3-5-18)11-8-19-6-9-20(10-7-19)28(25,26)23-14-16-27-17-15-23/h6-11,18H,1-5,12-17H2,(H,22,24)/b11-8+. The molecule has 28 heavy (non-hydrogen) atoms. The monoisotopic (exact) mass is 406 g/mol. The van der Waals surface area contributed by atoms with E-state index < -0.39 is 10.0 Å². The Labute approximate surface area is 168 Å². The number of nitrogens with one attached hydrogen (secondary N) is 1. The van der Waals surface area contributed by atoms with Crippen molar-refractivity contribution in [2.75, 3.05) is 32.8 Å². The van der Waals surface area contributed by atoms with Gasteiger partial charge in [0.05, 0.1) is 18.1 Å². The second kappa shape index (κ2) is 10.2. The summed E-state index contributed by atoms with van der Waals surface area (Å²) in [6, 6.07) is 6.62. The molecular formula is C21H30N2O4S. The SMILES string of the molecule is O=C(/C=C/c1ccc(S(=O)(=O)N2CCOCC2)cc1)NCCC1CCCCC1. The van der Waals surface area contributed by atoms with Crippen molar-refractivity contribution in [3.05, 3.63) is 35.9 Å². The molecule has 2 aliphatic rings. The molecule has 0 unspecified atom stereocenters. The van der Waals surface area contributed by atoms with E-state index in [2.05, 4.69) is 5.32 Å². The fourth-order valence-electron chi connectivity index (χ4n) is 3.79. The summed E-state index contributed by atoms with van der Waals surface area (Å²) in [4.78, 5) is 12.2. The first-order valence-corrected chi connectivity index (χ1v) is 11.6. The van der Waals surface area contributed by atoms with Crippen molar-refractivity contribution in [1.82, 2.24) is 9.62 Å². The summed E-state index contributed by atoms with van der Waals surface area (Å²) >= 11 is 0. The zero-order chi connectivity index (χ0) is 19.8. The zero-order valence-electron chi connectivity index (χ0n) is 16.3. The van der Waals surface area contributed by atoms with Gasteiger partial charge < -0.3 is 10.1 Å². The van der Waals surface area contributed by atoms with Crippen LogP contribution in [0.25, 0.3) is 6.08 Å². The largest absolute Gasteiger partial charge is 0.379 e. The molecule has 1 N–H and O–H groups in total. The highest BCUT2D eigenvalue weighted by Crippen LogP contribution is 2.25. The highest BCUT2D eigenvalue weighted by molar-refractivity contribution is 7.89. The van der Waals surface area contributed by atoms with E-state index in [1.807, 2.05) is 0 Å². The van der Waals surface area contributed by atoms with Crippen LogP contribution in [-0.2, 0) is 19.6 Å². The van der Waals surface area contributed by atoms with Crippen LogP contribution >= 0.6 is 0 Å². The summed E-state index contributed by atoms with van der Waals surface area (Å²) in [5.74, 6) is 0.639. The smallest absolute Gasteiger partial charge is 0.243 e. The Morgan fingerprint density at radius 1 is 1.11 bits per heavy atom. The van der Waals surface area contributed by atoms with Crippen LogP contribution in [0.2, 0.25) is 0 Å². The van der Waals surface area contributed by atoms with E-state index in [4.69, 9.17) is 4.74 Å². The molecule has 6 nitrogen and oxygen atoms in total. The minimum atomic E-state index is -3.48. The molecule has 154 valence electrons. The maximum Gasteiger partial charge on any atom is 0.243 e. The fourth-order valence-corrected chi connectivity index (χ4v) is 5.20. The van der Waals surface area contributed by atoms with Gasteiger partial charge in [-0.05, 0) is 36.1 Å². The average Bonchev–Trinajstić information content (AvgIpc) is 2.74. The topological polar surface area (TPSA) is 75.7 Å². The van der Waals surface area contributed by atoms with Crippen LogP contribution in [0.3, 0.4) is 0 Å². The third-order valence-electron chi connectivity index (χ3n) is 5.49. The Morgan fingerprint density at radius 3 is 2.46 bits per heavy atom. The molecule has 1 saturated heterocycles. The first kappa shape index (κ1) is 21.0. The molecule has 7 heteroatoms.